The van der Waals surface area contributed by atoms with E-state index < -0.39 is 0 Å². The average Bonchev–Trinajstić information content (AvgIpc) is 2.40. The summed E-state index contributed by atoms with van der Waals surface area (Å²) < 4.78 is 0. The predicted molar refractivity (Wildman–Crippen MR) is 87.0 cm³/mol. The molecule has 0 amide bonds. The smallest absolute Gasteiger partial charge is 0.0473 e. The molecule has 0 aliphatic carbocycles. The van der Waals surface area contributed by atoms with E-state index in [-0.39, 0.29) is 0 Å². The van der Waals surface area contributed by atoms with E-state index in [2.05, 4.69) is 69.2 Å². The summed E-state index contributed by atoms with van der Waals surface area (Å²) in [7, 11) is 2.08. The van der Waals surface area contributed by atoms with Gasteiger partial charge in [0.05, 0.1) is 0 Å². The van der Waals surface area contributed by atoms with E-state index in [1.165, 1.54) is 30.6 Å². The minimum atomic E-state index is 0.410. The van der Waals surface area contributed by atoms with Crippen LogP contribution in [-0.4, -0.2) is 31.1 Å². The lowest BCUT2D eigenvalue weighted by atomic mass is 9.89. The first-order valence-corrected chi connectivity index (χ1v) is 7.99. The van der Waals surface area contributed by atoms with E-state index in [0.29, 0.717) is 12.1 Å². The van der Waals surface area contributed by atoms with Crippen LogP contribution in [-0.2, 0) is 0 Å². The first-order chi connectivity index (χ1) is 9.51. The monoisotopic (exact) mass is 274 g/mol. The maximum atomic E-state index is 3.52. The molecule has 0 radical (unpaired) electrons. The van der Waals surface area contributed by atoms with Gasteiger partial charge in [0.2, 0.25) is 0 Å². The molecular formula is C18H30N2. The Kier molecular flexibility index (Phi) is 5.22. The molecule has 4 unspecified atom stereocenters. The largest absolute Gasteiger partial charge is 0.312 e. The molecule has 1 N–H and O–H groups in total. The van der Waals surface area contributed by atoms with Gasteiger partial charge in [0.15, 0.2) is 0 Å². The van der Waals surface area contributed by atoms with Gasteiger partial charge in [-0.05, 0) is 44.7 Å². The molecule has 0 saturated carbocycles. The van der Waals surface area contributed by atoms with Gasteiger partial charge >= 0.3 is 0 Å². The second-order valence-corrected chi connectivity index (χ2v) is 6.82. The van der Waals surface area contributed by atoms with Crippen LogP contribution < -0.4 is 5.32 Å². The van der Waals surface area contributed by atoms with Crippen LogP contribution in [0, 0.1) is 18.8 Å². The fraction of sp³-hybridized carbons (Fsp3) is 0.667. The number of piperidine rings is 1. The van der Waals surface area contributed by atoms with Crippen molar-refractivity contribution in [3.63, 3.8) is 0 Å². The van der Waals surface area contributed by atoms with Crippen molar-refractivity contribution in [1.29, 1.82) is 0 Å². The molecule has 1 fully saturated rings. The van der Waals surface area contributed by atoms with Gasteiger partial charge in [0.1, 0.15) is 0 Å². The lowest BCUT2D eigenvalue weighted by Crippen LogP contribution is -2.48. The predicted octanol–water partition coefficient (Wildman–Crippen LogP) is 3.62. The number of aryl methyl sites for hydroxylation is 1. The highest BCUT2D eigenvalue weighted by Gasteiger charge is 2.29. The summed E-state index contributed by atoms with van der Waals surface area (Å²) in [5, 5.41) is 3.52. The Bertz CT molecular complexity index is 402. The van der Waals surface area contributed by atoms with Crippen LogP contribution in [0.1, 0.15) is 44.4 Å². The number of nitrogens with one attached hydrogen (secondary N) is 1. The summed E-state index contributed by atoms with van der Waals surface area (Å²) in [6, 6.07) is 9.91. The number of hydrogen-bond donors (Lipinski definition) is 1. The van der Waals surface area contributed by atoms with Gasteiger partial charge in [-0.3, -0.25) is 4.90 Å². The maximum absolute atomic E-state index is 3.52. The molecule has 20 heavy (non-hydrogen) atoms. The molecule has 1 saturated heterocycles. The number of benzene rings is 1. The molecular weight excluding hydrogens is 244 g/mol. The van der Waals surface area contributed by atoms with E-state index in [0.717, 1.165) is 11.8 Å². The third-order valence-electron chi connectivity index (χ3n) is 4.70. The van der Waals surface area contributed by atoms with E-state index in [1.807, 2.05) is 0 Å². The van der Waals surface area contributed by atoms with Crippen molar-refractivity contribution in [1.82, 2.24) is 10.2 Å². The Labute approximate surface area is 124 Å². The van der Waals surface area contributed by atoms with Crippen molar-refractivity contribution in [2.45, 2.75) is 46.2 Å². The molecule has 1 aromatic rings. The van der Waals surface area contributed by atoms with Crippen molar-refractivity contribution in [2.24, 2.45) is 11.8 Å². The van der Waals surface area contributed by atoms with Gasteiger partial charge < -0.3 is 5.32 Å². The Morgan fingerprint density at radius 2 is 1.65 bits per heavy atom. The van der Waals surface area contributed by atoms with Gasteiger partial charge in [-0.25, -0.2) is 0 Å². The van der Waals surface area contributed by atoms with Gasteiger partial charge in [0, 0.05) is 25.2 Å². The first-order valence-electron chi connectivity index (χ1n) is 7.99. The van der Waals surface area contributed by atoms with E-state index in [4.69, 9.17) is 0 Å². The third kappa shape index (κ3) is 3.62. The second kappa shape index (κ2) is 6.73. The minimum absolute atomic E-state index is 0.410. The molecule has 0 bridgehead atoms. The van der Waals surface area contributed by atoms with Crippen LogP contribution in [0.2, 0.25) is 0 Å². The number of rotatable bonds is 4. The molecule has 2 rings (SSSR count). The van der Waals surface area contributed by atoms with Crippen molar-refractivity contribution < 1.29 is 0 Å². The summed E-state index contributed by atoms with van der Waals surface area (Å²) in [6.07, 6.45) is 1.37. The number of hydrogen-bond acceptors (Lipinski definition) is 2. The summed E-state index contributed by atoms with van der Waals surface area (Å²) in [5.74, 6) is 1.63. The fourth-order valence-electron chi connectivity index (χ4n) is 3.71. The summed E-state index contributed by atoms with van der Waals surface area (Å²) >= 11 is 0. The van der Waals surface area contributed by atoms with Crippen LogP contribution in [0.25, 0.3) is 0 Å². The normalized spacial score (nSPS) is 27.2. The number of nitrogens with zero attached hydrogens (tertiary/aromatic N) is 1. The molecule has 4 atom stereocenters. The van der Waals surface area contributed by atoms with E-state index >= 15 is 0 Å². The molecule has 1 heterocycles. The Morgan fingerprint density at radius 1 is 1.10 bits per heavy atom. The van der Waals surface area contributed by atoms with Crippen LogP contribution in [0.5, 0.6) is 0 Å². The summed E-state index contributed by atoms with van der Waals surface area (Å²) in [4.78, 5) is 2.67. The lowest BCUT2D eigenvalue weighted by molar-refractivity contribution is 0.0848. The molecule has 112 valence electrons. The third-order valence-corrected chi connectivity index (χ3v) is 4.70. The highest BCUT2D eigenvalue weighted by Crippen LogP contribution is 2.28. The fourth-order valence-corrected chi connectivity index (χ4v) is 3.71. The van der Waals surface area contributed by atoms with Crippen LogP contribution in [0.15, 0.2) is 24.3 Å². The zero-order valence-corrected chi connectivity index (χ0v) is 13.7. The van der Waals surface area contributed by atoms with Gasteiger partial charge in [0.25, 0.3) is 0 Å². The Morgan fingerprint density at radius 3 is 2.15 bits per heavy atom. The van der Waals surface area contributed by atoms with Crippen molar-refractivity contribution in [2.75, 3.05) is 20.1 Å². The molecule has 0 aromatic heterocycles. The average molecular weight is 274 g/mol. The Hall–Kier alpha value is -0.860. The van der Waals surface area contributed by atoms with Crippen LogP contribution in [0.4, 0.5) is 0 Å². The zero-order valence-electron chi connectivity index (χ0n) is 13.7. The summed E-state index contributed by atoms with van der Waals surface area (Å²) in [5.41, 5.74) is 2.73. The van der Waals surface area contributed by atoms with Gasteiger partial charge in [-0.15, -0.1) is 0 Å². The Balaban J connectivity index is 2.12. The second-order valence-electron chi connectivity index (χ2n) is 6.82. The van der Waals surface area contributed by atoms with Crippen molar-refractivity contribution in [3.8, 4) is 0 Å². The summed E-state index contributed by atoms with van der Waals surface area (Å²) in [6.45, 7) is 11.7. The first kappa shape index (κ1) is 15.5. The van der Waals surface area contributed by atoms with Crippen LogP contribution >= 0.6 is 0 Å². The molecule has 2 heteroatoms. The zero-order chi connectivity index (χ0) is 14.7. The van der Waals surface area contributed by atoms with Crippen molar-refractivity contribution in [3.05, 3.63) is 35.4 Å². The molecule has 2 nitrogen and oxygen atoms in total. The van der Waals surface area contributed by atoms with Gasteiger partial charge in [-0.1, -0.05) is 43.7 Å². The standard InChI is InChI=1S/C18H30N2/c1-13-6-8-17(9-7-13)18(19-5)16(4)20-11-14(2)10-15(3)12-20/h6-9,14-16,18-19H,10-12H2,1-5H3. The molecule has 0 spiro atoms. The lowest BCUT2D eigenvalue weighted by Gasteiger charge is -2.42. The highest BCUT2D eigenvalue weighted by molar-refractivity contribution is 5.25. The SMILES string of the molecule is CNC(c1ccc(C)cc1)C(C)N1CC(C)CC(C)C1. The van der Waals surface area contributed by atoms with E-state index in [1.54, 1.807) is 0 Å². The molecule has 1 aliphatic rings. The molecule has 1 aliphatic heterocycles. The quantitative estimate of drug-likeness (QED) is 0.902. The highest BCUT2D eigenvalue weighted by atomic mass is 15.2. The molecule has 1 aromatic carbocycles. The van der Waals surface area contributed by atoms with E-state index in [9.17, 15) is 0 Å². The van der Waals surface area contributed by atoms with Gasteiger partial charge in [-0.2, -0.15) is 0 Å². The topological polar surface area (TPSA) is 15.3 Å². The number of likely N-dealkylation sites (N-methyl/N-ethyl adjacent to an activating group) is 1. The maximum Gasteiger partial charge on any atom is 0.0473 e. The van der Waals surface area contributed by atoms with Crippen LogP contribution in [0.3, 0.4) is 0 Å². The van der Waals surface area contributed by atoms with Crippen molar-refractivity contribution >= 4 is 0 Å². The minimum Gasteiger partial charge on any atom is -0.312 e. The number of likely N-dealkylation sites (tertiary alicyclic amines) is 1.